The molecule has 0 heterocycles. The first-order chi connectivity index (χ1) is 15.9. The van der Waals surface area contributed by atoms with E-state index in [9.17, 15) is 14.9 Å². The van der Waals surface area contributed by atoms with Crippen LogP contribution in [-0.2, 0) is 16.2 Å². The van der Waals surface area contributed by atoms with E-state index in [1.165, 1.54) is 25.5 Å². The Morgan fingerprint density at radius 3 is 2.48 bits per heavy atom. The molecule has 3 aromatic carbocycles. The number of anilines is 1. The van der Waals surface area contributed by atoms with Crippen molar-refractivity contribution in [3.05, 3.63) is 93.0 Å². The van der Waals surface area contributed by atoms with E-state index < -0.39 is 4.92 Å². The molecule has 0 aliphatic heterocycles. The zero-order chi connectivity index (χ0) is 23.6. The number of nitro benzene ring substituents is 1. The molecular formula is C23H20ClN3O6. The number of carbonyl (C=O) groups is 1. The zero-order valence-electron chi connectivity index (χ0n) is 17.6. The minimum atomic E-state index is -0.455. The fraction of sp³-hybridized carbons (Fsp3) is 0.130. The predicted octanol–water partition coefficient (Wildman–Crippen LogP) is 4.83. The largest absolute Gasteiger partial charge is 0.493 e. The lowest BCUT2D eigenvalue weighted by Gasteiger charge is -2.11. The highest BCUT2D eigenvalue weighted by molar-refractivity contribution is 6.30. The van der Waals surface area contributed by atoms with E-state index in [1.807, 2.05) is 0 Å². The highest BCUT2D eigenvalue weighted by Gasteiger charge is 2.08. The number of amides is 1. The van der Waals surface area contributed by atoms with Crippen molar-refractivity contribution in [3.63, 3.8) is 0 Å². The standard InChI is InChI=1S/C23H20ClN3O6/c1-31-22-12-17(13-25-33-15-23(28)26-19-7-5-18(24)6-8-19)4-11-21(22)32-14-16-2-9-20(10-3-16)27(29)30/h2-13H,14-15H2,1H3,(H,26,28)/b25-13+. The van der Waals surface area contributed by atoms with Gasteiger partial charge in [-0.25, -0.2) is 0 Å². The van der Waals surface area contributed by atoms with Gasteiger partial charge in [0.15, 0.2) is 18.1 Å². The maximum Gasteiger partial charge on any atom is 0.269 e. The number of methoxy groups -OCH3 is 1. The van der Waals surface area contributed by atoms with Gasteiger partial charge >= 0.3 is 0 Å². The molecule has 9 nitrogen and oxygen atoms in total. The summed E-state index contributed by atoms with van der Waals surface area (Å²) in [6, 6.07) is 18.0. The molecule has 170 valence electrons. The molecule has 0 bridgehead atoms. The minimum Gasteiger partial charge on any atom is -0.493 e. The summed E-state index contributed by atoms with van der Waals surface area (Å²) in [4.78, 5) is 27.2. The van der Waals surface area contributed by atoms with Crippen molar-refractivity contribution in [1.82, 2.24) is 0 Å². The van der Waals surface area contributed by atoms with Gasteiger partial charge in [-0.1, -0.05) is 16.8 Å². The molecule has 3 aromatic rings. The summed E-state index contributed by atoms with van der Waals surface area (Å²) in [6.07, 6.45) is 1.44. The van der Waals surface area contributed by atoms with Gasteiger partial charge in [0.1, 0.15) is 6.61 Å². The molecule has 10 heteroatoms. The Bertz CT molecular complexity index is 1130. The monoisotopic (exact) mass is 469 g/mol. The molecule has 33 heavy (non-hydrogen) atoms. The van der Waals surface area contributed by atoms with Gasteiger partial charge < -0.3 is 19.6 Å². The van der Waals surface area contributed by atoms with Gasteiger partial charge in [0.25, 0.3) is 11.6 Å². The van der Waals surface area contributed by atoms with Crippen LogP contribution in [0.25, 0.3) is 0 Å². The summed E-state index contributed by atoms with van der Waals surface area (Å²) in [5.41, 5.74) is 2.07. The fourth-order valence-corrected chi connectivity index (χ4v) is 2.81. The number of benzene rings is 3. The van der Waals surface area contributed by atoms with Crippen LogP contribution in [0.3, 0.4) is 0 Å². The molecule has 0 aliphatic rings. The van der Waals surface area contributed by atoms with Crippen molar-refractivity contribution >= 4 is 35.1 Å². The number of oxime groups is 1. The molecule has 0 aliphatic carbocycles. The van der Waals surface area contributed by atoms with Crippen LogP contribution in [0.1, 0.15) is 11.1 Å². The summed E-state index contributed by atoms with van der Waals surface area (Å²) in [6.45, 7) is -0.0413. The lowest BCUT2D eigenvalue weighted by molar-refractivity contribution is -0.384. The van der Waals surface area contributed by atoms with Gasteiger partial charge in [0.05, 0.1) is 18.2 Å². The third-order valence-electron chi connectivity index (χ3n) is 4.33. The van der Waals surface area contributed by atoms with Crippen molar-refractivity contribution in [2.45, 2.75) is 6.61 Å². The Morgan fingerprint density at radius 1 is 1.09 bits per heavy atom. The molecule has 3 rings (SSSR count). The maximum absolute atomic E-state index is 11.9. The number of halogens is 1. The van der Waals surface area contributed by atoms with Crippen molar-refractivity contribution in [1.29, 1.82) is 0 Å². The highest BCUT2D eigenvalue weighted by Crippen LogP contribution is 2.28. The number of nitrogens with zero attached hydrogens (tertiary/aromatic N) is 2. The normalized spacial score (nSPS) is 10.6. The second kappa shape index (κ2) is 11.5. The molecular weight excluding hydrogens is 450 g/mol. The summed E-state index contributed by atoms with van der Waals surface area (Å²) in [7, 11) is 1.51. The molecule has 0 atom stereocenters. The number of non-ortho nitro benzene ring substituents is 1. The van der Waals surface area contributed by atoms with E-state index in [4.69, 9.17) is 25.9 Å². The molecule has 0 saturated carbocycles. The summed E-state index contributed by atoms with van der Waals surface area (Å²) >= 11 is 5.81. The van der Waals surface area contributed by atoms with Crippen LogP contribution in [0.5, 0.6) is 11.5 Å². The van der Waals surface area contributed by atoms with Crippen LogP contribution in [0.4, 0.5) is 11.4 Å². The molecule has 0 spiro atoms. The Balaban J connectivity index is 1.51. The number of hydrogen-bond donors (Lipinski definition) is 1. The van der Waals surface area contributed by atoms with Crippen LogP contribution in [0.2, 0.25) is 5.02 Å². The highest BCUT2D eigenvalue weighted by atomic mass is 35.5. The van der Waals surface area contributed by atoms with E-state index in [1.54, 1.807) is 54.6 Å². The average molecular weight is 470 g/mol. The lowest BCUT2D eigenvalue weighted by atomic mass is 10.2. The third-order valence-corrected chi connectivity index (χ3v) is 4.58. The fourth-order valence-electron chi connectivity index (χ4n) is 2.68. The van der Waals surface area contributed by atoms with Crippen molar-refractivity contribution in [2.75, 3.05) is 19.0 Å². The van der Waals surface area contributed by atoms with Crippen molar-refractivity contribution < 1.29 is 24.0 Å². The topological polar surface area (TPSA) is 112 Å². The molecule has 0 radical (unpaired) electrons. The Labute approximate surface area is 194 Å². The Morgan fingerprint density at radius 2 is 1.82 bits per heavy atom. The van der Waals surface area contributed by atoms with Crippen molar-refractivity contribution in [3.8, 4) is 11.5 Å². The Hall–Kier alpha value is -4.11. The van der Waals surface area contributed by atoms with Gasteiger partial charge in [-0.3, -0.25) is 14.9 Å². The van der Waals surface area contributed by atoms with Gasteiger partial charge in [0, 0.05) is 28.4 Å². The molecule has 0 aromatic heterocycles. The summed E-state index contributed by atoms with van der Waals surface area (Å²) < 4.78 is 11.1. The molecule has 1 amide bonds. The van der Waals surface area contributed by atoms with Gasteiger partial charge in [-0.15, -0.1) is 0 Å². The second-order valence-electron chi connectivity index (χ2n) is 6.69. The number of rotatable bonds is 10. The van der Waals surface area contributed by atoms with E-state index in [0.717, 1.165) is 5.56 Å². The van der Waals surface area contributed by atoms with Gasteiger partial charge in [-0.2, -0.15) is 0 Å². The van der Waals surface area contributed by atoms with Crippen LogP contribution in [0.15, 0.2) is 71.9 Å². The quantitative estimate of drug-likeness (QED) is 0.258. The van der Waals surface area contributed by atoms with E-state index in [0.29, 0.717) is 27.8 Å². The summed E-state index contributed by atoms with van der Waals surface area (Å²) in [5, 5.41) is 17.8. The van der Waals surface area contributed by atoms with Gasteiger partial charge in [0.2, 0.25) is 0 Å². The van der Waals surface area contributed by atoms with Crippen LogP contribution in [-0.4, -0.2) is 30.8 Å². The van der Waals surface area contributed by atoms with Crippen LogP contribution < -0.4 is 14.8 Å². The minimum absolute atomic E-state index is 0.0182. The second-order valence-corrected chi connectivity index (χ2v) is 7.12. The average Bonchev–Trinajstić information content (AvgIpc) is 2.82. The number of nitrogens with one attached hydrogen (secondary N) is 1. The predicted molar refractivity (Wildman–Crippen MR) is 124 cm³/mol. The SMILES string of the molecule is COc1cc(/C=N/OCC(=O)Nc2ccc(Cl)cc2)ccc1OCc1ccc([N+](=O)[O-])cc1. The molecule has 0 fully saturated rings. The smallest absolute Gasteiger partial charge is 0.269 e. The Kier molecular flexibility index (Phi) is 8.20. The van der Waals surface area contributed by atoms with Crippen molar-refractivity contribution in [2.24, 2.45) is 5.16 Å². The van der Waals surface area contributed by atoms with Crippen LogP contribution in [0, 0.1) is 10.1 Å². The first-order valence-corrected chi connectivity index (χ1v) is 10.1. The van der Waals surface area contributed by atoms with Gasteiger partial charge in [-0.05, 0) is 60.2 Å². The van der Waals surface area contributed by atoms with E-state index in [2.05, 4.69) is 10.5 Å². The van der Waals surface area contributed by atoms with E-state index >= 15 is 0 Å². The zero-order valence-corrected chi connectivity index (χ0v) is 18.3. The number of carbonyl (C=O) groups excluding carboxylic acids is 1. The van der Waals surface area contributed by atoms with E-state index in [-0.39, 0.29) is 24.8 Å². The molecule has 1 N–H and O–H groups in total. The molecule has 0 saturated heterocycles. The summed E-state index contributed by atoms with van der Waals surface area (Å²) in [5.74, 6) is 0.611. The maximum atomic E-state index is 11.9. The number of ether oxygens (including phenoxy) is 2. The van der Waals surface area contributed by atoms with Crippen LogP contribution >= 0.6 is 11.6 Å². The first kappa shape index (κ1) is 23.6. The third kappa shape index (κ3) is 7.22. The molecule has 0 unspecified atom stereocenters. The first-order valence-electron chi connectivity index (χ1n) is 9.69. The lowest BCUT2D eigenvalue weighted by Crippen LogP contribution is -2.16. The number of hydrogen-bond acceptors (Lipinski definition) is 7. The number of nitro groups is 1.